The van der Waals surface area contributed by atoms with Crippen molar-refractivity contribution in [1.82, 2.24) is 4.98 Å². The fraction of sp³-hybridized carbons (Fsp3) is 0.500. The lowest BCUT2D eigenvalue weighted by Crippen LogP contribution is -2.12. The van der Waals surface area contributed by atoms with Gasteiger partial charge in [-0.05, 0) is 12.5 Å². The molecule has 1 aliphatic rings. The number of nitrogens with zero attached hydrogens (tertiary/aromatic N) is 1. The van der Waals surface area contributed by atoms with E-state index in [1.54, 1.807) is 12.1 Å². The Labute approximate surface area is 99.7 Å². The predicted octanol–water partition coefficient (Wildman–Crippen LogP) is 1.28. The molecule has 5 nitrogen and oxygen atoms in total. The minimum Gasteiger partial charge on any atom is -0.477 e. The molecular formula is C12H15NO4. The Balaban J connectivity index is 1.93. The van der Waals surface area contributed by atoms with Crippen molar-refractivity contribution in [3.8, 4) is 5.88 Å². The van der Waals surface area contributed by atoms with Gasteiger partial charge >= 0.3 is 5.97 Å². The molecule has 0 aliphatic carbocycles. The first-order chi connectivity index (χ1) is 8.29. The van der Waals surface area contributed by atoms with Gasteiger partial charge in [-0.1, -0.05) is 0 Å². The van der Waals surface area contributed by atoms with E-state index in [0.29, 0.717) is 24.0 Å². The summed E-state index contributed by atoms with van der Waals surface area (Å²) in [6.45, 7) is 2.10. The molecule has 1 atom stereocenters. The van der Waals surface area contributed by atoms with Crippen molar-refractivity contribution >= 4 is 5.97 Å². The molecule has 1 fully saturated rings. The van der Waals surface area contributed by atoms with Crippen molar-refractivity contribution in [3.05, 3.63) is 23.9 Å². The lowest BCUT2D eigenvalue weighted by molar-refractivity contribution is 0.0600. The molecule has 2 heterocycles. The zero-order valence-electron chi connectivity index (χ0n) is 9.72. The highest BCUT2D eigenvalue weighted by Gasteiger charge is 2.16. The van der Waals surface area contributed by atoms with E-state index in [-0.39, 0.29) is 5.97 Å². The highest BCUT2D eigenvalue weighted by atomic mass is 16.5. The molecule has 1 unspecified atom stereocenters. The molecule has 0 saturated carbocycles. The van der Waals surface area contributed by atoms with Crippen LogP contribution >= 0.6 is 0 Å². The van der Waals surface area contributed by atoms with Crippen LogP contribution in [0, 0.1) is 5.92 Å². The van der Waals surface area contributed by atoms with E-state index in [1.165, 1.54) is 13.3 Å². The van der Waals surface area contributed by atoms with Crippen LogP contribution in [0.4, 0.5) is 0 Å². The number of carbonyl (C=O) groups is 1. The van der Waals surface area contributed by atoms with E-state index in [2.05, 4.69) is 9.72 Å². The molecule has 2 rings (SSSR count). The summed E-state index contributed by atoms with van der Waals surface area (Å²) >= 11 is 0. The minimum absolute atomic E-state index is 0.388. The van der Waals surface area contributed by atoms with Crippen LogP contribution in [0.5, 0.6) is 5.88 Å². The SMILES string of the molecule is COC(=O)c1ccnc(OCC2CCOC2)c1. The van der Waals surface area contributed by atoms with Gasteiger partial charge in [-0.3, -0.25) is 0 Å². The number of aromatic nitrogens is 1. The standard InChI is InChI=1S/C12H15NO4/c1-15-12(14)10-2-4-13-11(6-10)17-8-9-3-5-16-7-9/h2,4,6,9H,3,5,7-8H2,1H3. The summed E-state index contributed by atoms with van der Waals surface area (Å²) in [7, 11) is 1.35. The number of hydrogen-bond donors (Lipinski definition) is 0. The van der Waals surface area contributed by atoms with Gasteiger partial charge in [0.05, 0.1) is 25.9 Å². The summed E-state index contributed by atoms with van der Waals surface area (Å²) < 4.78 is 15.4. The molecule has 1 saturated heterocycles. The molecule has 17 heavy (non-hydrogen) atoms. The summed E-state index contributed by atoms with van der Waals surface area (Å²) in [4.78, 5) is 15.3. The highest BCUT2D eigenvalue weighted by molar-refractivity contribution is 5.89. The van der Waals surface area contributed by atoms with Crippen LogP contribution < -0.4 is 4.74 Å². The predicted molar refractivity (Wildman–Crippen MR) is 60.0 cm³/mol. The van der Waals surface area contributed by atoms with Crippen LogP contribution in [0.15, 0.2) is 18.3 Å². The van der Waals surface area contributed by atoms with E-state index in [1.807, 2.05) is 0 Å². The lowest BCUT2D eigenvalue weighted by Gasteiger charge is -2.09. The maximum absolute atomic E-state index is 11.3. The highest BCUT2D eigenvalue weighted by Crippen LogP contribution is 2.15. The summed E-state index contributed by atoms with van der Waals surface area (Å²) in [5.41, 5.74) is 0.445. The third kappa shape index (κ3) is 3.17. The monoisotopic (exact) mass is 237 g/mol. The van der Waals surface area contributed by atoms with Crippen LogP contribution in [0.25, 0.3) is 0 Å². The Kier molecular flexibility index (Phi) is 3.93. The van der Waals surface area contributed by atoms with E-state index >= 15 is 0 Å². The Morgan fingerprint density at radius 1 is 1.65 bits per heavy atom. The minimum atomic E-state index is -0.388. The van der Waals surface area contributed by atoms with E-state index in [9.17, 15) is 4.79 Å². The van der Waals surface area contributed by atoms with Gasteiger partial charge in [-0.15, -0.1) is 0 Å². The number of rotatable bonds is 4. The molecule has 1 aromatic heterocycles. The van der Waals surface area contributed by atoms with Gasteiger partial charge in [-0.2, -0.15) is 0 Å². The molecule has 92 valence electrons. The zero-order chi connectivity index (χ0) is 12.1. The Morgan fingerprint density at radius 3 is 3.24 bits per heavy atom. The van der Waals surface area contributed by atoms with Crippen LogP contribution in [0.3, 0.4) is 0 Å². The number of methoxy groups -OCH3 is 1. The number of carbonyl (C=O) groups excluding carboxylic acids is 1. The Bertz CT molecular complexity index is 388. The van der Waals surface area contributed by atoms with Crippen molar-refractivity contribution in [2.24, 2.45) is 5.92 Å². The van der Waals surface area contributed by atoms with Gasteiger partial charge in [0.25, 0.3) is 0 Å². The molecule has 1 aromatic rings. The van der Waals surface area contributed by atoms with E-state index in [4.69, 9.17) is 9.47 Å². The normalized spacial score (nSPS) is 19.0. The lowest BCUT2D eigenvalue weighted by atomic mass is 10.1. The summed E-state index contributed by atoms with van der Waals surface area (Å²) in [5.74, 6) is 0.472. The first-order valence-corrected chi connectivity index (χ1v) is 5.54. The number of esters is 1. The van der Waals surface area contributed by atoms with E-state index in [0.717, 1.165) is 19.6 Å². The molecule has 0 spiro atoms. The fourth-order valence-corrected chi connectivity index (χ4v) is 1.65. The zero-order valence-corrected chi connectivity index (χ0v) is 9.72. The Hall–Kier alpha value is -1.62. The van der Waals surface area contributed by atoms with Crippen molar-refractivity contribution < 1.29 is 19.0 Å². The van der Waals surface area contributed by atoms with Gasteiger partial charge in [0.15, 0.2) is 0 Å². The molecule has 0 N–H and O–H groups in total. The summed E-state index contributed by atoms with van der Waals surface area (Å²) in [6.07, 6.45) is 2.55. The first kappa shape index (κ1) is 11.9. The third-order valence-electron chi connectivity index (χ3n) is 2.65. The second-order valence-corrected chi connectivity index (χ2v) is 3.91. The molecule has 0 amide bonds. The van der Waals surface area contributed by atoms with Crippen molar-refractivity contribution in [3.63, 3.8) is 0 Å². The first-order valence-electron chi connectivity index (χ1n) is 5.54. The van der Waals surface area contributed by atoms with Crippen molar-refractivity contribution in [2.45, 2.75) is 6.42 Å². The number of ether oxygens (including phenoxy) is 3. The topological polar surface area (TPSA) is 57.7 Å². The molecule has 0 aromatic carbocycles. The van der Waals surface area contributed by atoms with Crippen molar-refractivity contribution in [2.75, 3.05) is 26.9 Å². The fourth-order valence-electron chi connectivity index (χ4n) is 1.65. The smallest absolute Gasteiger partial charge is 0.338 e. The van der Waals surface area contributed by atoms with Gasteiger partial charge in [-0.25, -0.2) is 9.78 Å². The van der Waals surface area contributed by atoms with Crippen LogP contribution in [0.1, 0.15) is 16.8 Å². The van der Waals surface area contributed by atoms with Gasteiger partial charge in [0, 0.05) is 24.8 Å². The number of hydrogen-bond acceptors (Lipinski definition) is 5. The molecule has 1 aliphatic heterocycles. The average molecular weight is 237 g/mol. The van der Waals surface area contributed by atoms with Gasteiger partial charge in [0.2, 0.25) is 5.88 Å². The van der Waals surface area contributed by atoms with Crippen molar-refractivity contribution in [1.29, 1.82) is 0 Å². The maximum atomic E-state index is 11.3. The third-order valence-corrected chi connectivity index (χ3v) is 2.65. The number of pyridine rings is 1. The van der Waals surface area contributed by atoms with Gasteiger partial charge in [0.1, 0.15) is 0 Å². The molecule has 0 bridgehead atoms. The van der Waals surface area contributed by atoms with Gasteiger partial charge < -0.3 is 14.2 Å². The molecule has 5 heteroatoms. The maximum Gasteiger partial charge on any atom is 0.338 e. The summed E-state index contributed by atoms with van der Waals surface area (Å²) in [5, 5.41) is 0. The van der Waals surface area contributed by atoms with Crippen LogP contribution in [0.2, 0.25) is 0 Å². The quantitative estimate of drug-likeness (QED) is 0.738. The van der Waals surface area contributed by atoms with Crippen LogP contribution in [-0.2, 0) is 9.47 Å². The van der Waals surface area contributed by atoms with E-state index < -0.39 is 0 Å². The largest absolute Gasteiger partial charge is 0.477 e. The summed E-state index contributed by atoms with van der Waals surface area (Å²) in [6, 6.07) is 3.18. The Morgan fingerprint density at radius 2 is 2.53 bits per heavy atom. The second kappa shape index (κ2) is 5.63. The molecular weight excluding hydrogens is 222 g/mol. The molecule has 0 radical (unpaired) electrons. The van der Waals surface area contributed by atoms with Crippen LogP contribution in [-0.4, -0.2) is 37.9 Å². The second-order valence-electron chi connectivity index (χ2n) is 3.91. The average Bonchev–Trinajstić information content (AvgIpc) is 2.89.